The van der Waals surface area contributed by atoms with E-state index in [1.54, 1.807) is 0 Å². The molecule has 1 aromatic rings. The summed E-state index contributed by atoms with van der Waals surface area (Å²) in [7, 11) is 4.04. The molecule has 0 bridgehead atoms. The lowest BCUT2D eigenvalue weighted by Gasteiger charge is -2.41. The number of benzene rings is 1. The van der Waals surface area contributed by atoms with E-state index in [4.69, 9.17) is 4.74 Å². The lowest BCUT2D eigenvalue weighted by molar-refractivity contribution is -0.144. The fourth-order valence-corrected chi connectivity index (χ4v) is 4.04. The van der Waals surface area contributed by atoms with Crippen molar-refractivity contribution in [2.45, 2.75) is 31.3 Å². The summed E-state index contributed by atoms with van der Waals surface area (Å²) in [6.45, 7) is 3.87. The van der Waals surface area contributed by atoms with Gasteiger partial charge in [0.25, 0.3) is 0 Å². The summed E-state index contributed by atoms with van der Waals surface area (Å²) in [5.74, 6) is -0.750. The number of rotatable bonds is 7. The average molecular weight is 375 g/mol. The number of ether oxygens (including phenoxy) is 1. The third-order valence-electron chi connectivity index (χ3n) is 5.60. The molecule has 0 saturated carbocycles. The van der Waals surface area contributed by atoms with Crippen molar-refractivity contribution in [1.82, 2.24) is 15.1 Å². The Morgan fingerprint density at radius 1 is 1.37 bits per heavy atom. The maximum Gasteiger partial charge on any atom is 0.309 e. The van der Waals surface area contributed by atoms with Crippen molar-refractivity contribution in [2.24, 2.45) is 5.92 Å². The van der Waals surface area contributed by atoms with E-state index in [0.717, 1.165) is 31.9 Å². The van der Waals surface area contributed by atoms with Crippen LogP contribution in [0.15, 0.2) is 24.3 Å². The molecule has 0 unspecified atom stereocenters. The predicted molar refractivity (Wildman–Crippen MR) is 102 cm³/mol. The minimum Gasteiger partial charge on any atom is -0.492 e. The second kappa shape index (κ2) is 8.27. The summed E-state index contributed by atoms with van der Waals surface area (Å²) in [6.07, 6.45) is 1.45. The second-order valence-electron chi connectivity index (χ2n) is 7.87. The number of amides is 1. The first-order valence-corrected chi connectivity index (χ1v) is 9.51. The lowest BCUT2D eigenvalue weighted by atomic mass is 9.77. The van der Waals surface area contributed by atoms with E-state index in [0.29, 0.717) is 19.4 Å². The molecule has 2 aliphatic rings. The minimum absolute atomic E-state index is 0.0989. The molecule has 7 heteroatoms. The number of carboxylic acids is 1. The molecule has 148 valence electrons. The van der Waals surface area contributed by atoms with Gasteiger partial charge in [-0.05, 0) is 44.6 Å². The summed E-state index contributed by atoms with van der Waals surface area (Å²) in [5, 5.41) is 12.4. The van der Waals surface area contributed by atoms with Gasteiger partial charge < -0.3 is 20.1 Å². The van der Waals surface area contributed by atoms with E-state index in [2.05, 4.69) is 27.2 Å². The van der Waals surface area contributed by atoms with Crippen LogP contribution in [0, 0.1) is 5.92 Å². The molecule has 2 heterocycles. The van der Waals surface area contributed by atoms with E-state index in [-0.39, 0.29) is 12.3 Å². The number of carboxylic acid groups (broad SMARTS) is 1. The number of likely N-dealkylation sites (N-methyl/N-ethyl adjacent to an activating group) is 1. The number of likely N-dealkylation sites (tertiary alicyclic amines) is 1. The first-order chi connectivity index (χ1) is 12.9. The van der Waals surface area contributed by atoms with E-state index in [9.17, 15) is 14.7 Å². The van der Waals surface area contributed by atoms with Crippen molar-refractivity contribution < 1.29 is 19.4 Å². The van der Waals surface area contributed by atoms with Crippen molar-refractivity contribution in [2.75, 3.05) is 40.3 Å². The Balaban J connectivity index is 1.55. The van der Waals surface area contributed by atoms with Gasteiger partial charge in [0.05, 0.1) is 11.5 Å². The number of carbonyl (C=O) groups is 2. The molecule has 7 nitrogen and oxygen atoms in total. The van der Waals surface area contributed by atoms with E-state index in [1.807, 2.05) is 26.2 Å². The van der Waals surface area contributed by atoms with Crippen LogP contribution in [-0.2, 0) is 16.1 Å². The van der Waals surface area contributed by atoms with Gasteiger partial charge in [0, 0.05) is 32.6 Å². The molecule has 0 aromatic heterocycles. The Kier molecular flexibility index (Phi) is 6.01. The standard InChI is InChI=1S/C20H29N3O4/c1-22(2)10-11-27-16-5-3-4-15(12-16)14-23-8-6-20(7-9-23)17(19(25)26)13-18(24)21-20/h3-5,12,17H,6-11,13-14H2,1-2H3,(H,21,24)(H,25,26)/t17-/m1/s1. The van der Waals surface area contributed by atoms with Gasteiger partial charge in [0.15, 0.2) is 0 Å². The van der Waals surface area contributed by atoms with Crippen LogP contribution in [0.2, 0.25) is 0 Å². The van der Waals surface area contributed by atoms with Gasteiger partial charge in [0.2, 0.25) is 5.91 Å². The van der Waals surface area contributed by atoms with Crippen molar-refractivity contribution >= 4 is 11.9 Å². The quantitative estimate of drug-likeness (QED) is 0.745. The molecule has 0 radical (unpaired) electrons. The SMILES string of the molecule is CN(C)CCOc1cccc(CN2CCC3(CC2)NC(=O)C[C@@H]3C(=O)O)c1. The highest BCUT2D eigenvalue weighted by atomic mass is 16.5. The molecule has 1 amide bonds. The molecule has 0 aliphatic carbocycles. The molecule has 1 spiro atoms. The number of aliphatic carboxylic acids is 1. The van der Waals surface area contributed by atoms with Crippen LogP contribution in [-0.4, -0.2) is 72.7 Å². The molecule has 1 atom stereocenters. The highest BCUT2D eigenvalue weighted by molar-refractivity contribution is 5.88. The molecule has 1 aromatic carbocycles. The molecule has 27 heavy (non-hydrogen) atoms. The number of piperidine rings is 1. The lowest BCUT2D eigenvalue weighted by Crippen LogP contribution is -2.55. The molecular formula is C20H29N3O4. The van der Waals surface area contributed by atoms with Crippen LogP contribution < -0.4 is 10.1 Å². The molecule has 2 N–H and O–H groups in total. The van der Waals surface area contributed by atoms with Gasteiger partial charge in [-0.2, -0.15) is 0 Å². The Morgan fingerprint density at radius 3 is 2.78 bits per heavy atom. The topological polar surface area (TPSA) is 82.1 Å². The third-order valence-corrected chi connectivity index (χ3v) is 5.60. The van der Waals surface area contributed by atoms with Crippen LogP contribution >= 0.6 is 0 Å². The number of nitrogens with one attached hydrogen (secondary N) is 1. The Labute approximate surface area is 160 Å². The zero-order valence-corrected chi connectivity index (χ0v) is 16.1. The van der Waals surface area contributed by atoms with Crippen LogP contribution in [0.25, 0.3) is 0 Å². The second-order valence-corrected chi connectivity index (χ2v) is 7.87. The van der Waals surface area contributed by atoms with Crippen LogP contribution in [0.5, 0.6) is 5.75 Å². The Bertz CT molecular complexity index is 684. The van der Waals surface area contributed by atoms with Crippen molar-refractivity contribution in [3.8, 4) is 5.75 Å². The highest BCUT2D eigenvalue weighted by Gasteiger charge is 2.51. The molecule has 2 fully saturated rings. The van der Waals surface area contributed by atoms with Gasteiger partial charge in [0.1, 0.15) is 12.4 Å². The smallest absolute Gasteiger partial charge is 0.309 e. The first-order valence-electron chi connectivity index (χ1n) is 9.51. The summed E-state index contributed by atoms with van der Waals surface area (Å²) in [4.78, 5) is 27.7. The van der Waals surface area contributed by atoms with Crippen molar-refractivity contribution in [3.63, 3.8) is 0 Å². The summed E-state index contributed by atoms with van der Waals surface area (Å²) < 4.78 is 5.80. The molecular weight excluding hydrogens is 346 g/mol. The summed E-state index contributed by atoms with van der Waals surface area (Å²) in [6, 6.07) is 8.12. The van der Waals surface area contributed by atoms with E-state index in [1.165, 1.54) is 5.56 Å². The molecule has 2 aliphatic heterocycles. The van der Waals surface area contributed by atoms with Crippen LogP contribution in [0.1, 0.15) is 24.8 Å². The van der Waals surface area contributed by atoms with Crippen LogP contribution in [0.4, 0.5) is 0 Å². The summed E-state index contributed by atoms with van der Waals surface area (Å²) in [5.41, 5.74) is 0.606. The predicted octanol–water partition coefficient (Wildman–Crippen LogP) is 1.18. The number of carbonyl (C=O) groups excluding carboxylic acids is 1. The number of hydrogen-bond donors (Lipinski definition) is 2. The molecule has 3 rings (SSSR count). The third kappa shape index (κ3) is 4.78. The minimum atomic E-state index is -0.871. The maximum absolute atomic E-state index is 11.8. The van der Waals surface area contributed by atoms with Gasteiger partial charge in [-0.1, -0.05) is 12.1 Å². The Morgan fingerprint density at radius 2 is 2.11 bits per heavy atom. The fourth-order valence-electron chi connectivity index (χ4n) is 4.04. The van der Waals surface area contributed by atoms with Gasteiger partial charge in [-0.3, -0.25) is 14.5 Å². The largest absolute Gasteiger partial charge is 0.492 e. The van der Waals surface area contributed by atoms with Crippen LogP contribution in [0.3, 0.4) is 0 Å². The van der Waals surface area contributed by atoms with Crippen molar-refractivity contribution in [3.05, 3.63) is 29.8 Å². The van der Waals surface area contributed by atoms with Gasteiger partial charge >= 0.3 is 5.97 Å². The number of hydrogen-bond acceptors (Lipinski definition) is 5. The zero-order valence-electron chi connectivity index (χ0n) is 16.1. The maximum atomic E-state index is 11.8. The van der Waals surface area contributed by atoms with Gasteiger partial charge in [-0.15, -0.1) is 0 Å². The van der Waals surface area contributed by atoms with Gasteiger partial charge in [-0.25, -0.2) is 0 Å². The number of nitrogens with zero attached hydrogens (tertiary/aromatic N) is 2. The van der Waals surface area contributed by atoms with E-state index >= 15 is 0 Å². The normalized spacial score (nSPS) is 22.2. The Hall–Kier alpha value is -2.12. The fraction of sp³-hybridized carbons (Fsp3) is 0.600. The highest BCUT2D eigenvalue weighted by Crippen LogP contribution is 2.37. The average Bonchev–Trinajstić information content (AvgIpc) is 2.93. The summed E-state index contributed by atoms with van der Waals surface area (Å²) >= 11 is 0. The van der Waals surface area contributed by atoms with Crippen molar-refractivity contribution in [1.29, 1.82) is 0 Å². The van der Waals surface area contributed by atoms with E-state index < -0.39 is 17.4 Å². The zero-order chi connectivity index (χ0) is 19.4. The monoisotopic (exact) mass is 375 g/mol. The molecule has 2 saturated heterocycles. The first kappa shape index (κ1) is 19.6.